The topological polar surface area (TPSA) is 105 Å². The lowest BCUT2D eigenvalue weighted by Crippen LogP contribution is -2.19. The summed E-state index contributed by atoms with van der Waals surface area (Å²) in [7, 11) is 0. The van der Waals surface area contributed by atoms with Gasteiger partial charge in [0.15, 0.2) is 5.69 Å². The summed E-state index contributed by atoms with van der Waals surface area (Å²) in [5.74, 6) is -1.04. The maximum absolute atomic E-state index is 11.3. The minimum Gasteiger partial charge on any atom is -0.476 e. The van der Waals surface area contributed by atoms with Crippen LogP contribution in [-0.2, 0) is 17.8 Å². The zero-order chi connectivity index (χ0) is 24.2. The number of fused-ring (bicyclic) bond motifs is 3. The molecular formula is C28H25N5O3. The quantitative estimate of drug-likeness (QED) is 0.344. The lowest BCUT2D eigenvalue weighted by molar-refractivity contribution is 0.0691. The van der Waals surface area contributed by atoms with E-state index in [1.165, 1.54) is 34.9 Å². The number of carbonyl (C=O) groups is 1. The number of nitrogens with zero attached hydrogens (tertiary/aromatic N) is 3. The first-order valence-electron chi connectivity index (χ1n) is 12.3. The van der Waals surface area contributed by atoms with Crippen molar-refractivity contribution in [2.45, 2.75) is 31.9 Å². The Morgan fingerprint density at radius 1 is 1.17 bits per heavy atom. The molecule has 3 N–H and O–H groups in total. The second-order valence-corrected chi connectivity index (χ2v) is 9.59. The molecule has 2 aliphatic heterocycles. The van der Waals surface area contributed by atoms with E-state index in [0.29, 0.717) is 18.3 Å². The lowest BCUT2D eigenvalue weighted by Gasteiger charge is -2.24. The van der Waals surface area contributed by atoms with Crippen molar-refractivity contribution in [2.75, 3.05) is 13.2 Å². The van der Waals surface area contributed by atoms with Crippen LogP contribution in [-0.4, -0.2) is 43.6 Å². The van der Waals surface area contributed by atoms with Crippen LogP contribution in [0.1, 0.15) is 46.1 Å². The predicted molar refractivity (Wildman–Crippen MR) is 136 cm³/mol. The smallest absolute Gasteiger partial charge is 0.356 e. The van der Waals surface area contributed by atoms with E-state index < -0.39 is 5.97 Å². The minimum atomic E-state index is -1.04. The molecule has 1 fully saturated rings. The Labute approximate surface area is 207 Å². The summed E-state index contributed by atoms with van der Waals surface area (Å²) in [6.07, 6.45) is 10.5. The third-order valence-corrected chi connectivity index (χ3v) is 7.43. The van der Waals surface area contributed by atoms with E-state index in [1.807, 2.05) is 30.7 Å². The van der Waals surface area contributed by atoms with Gasteiger partial charge in [-0.25, -0.2) is 14.8 Å². The van der Waals surface area contributed by atoms with Gasteiger partial charge in [-0.2, -0.15) is 0 Å². The first-order chi connectivity index (χ1) is 17.6. The highest BCUT2D eigenvalue weighted by molar-refractivity contribution is 5.96. The Morgan fingerprint density at radius 2 is 2.11 bits per heavy atom. The van der Waals surface area contributed by atoms with Crippen LogP contribution in [0.2, 0.25) is 0 Å². The number of aromatic carboxylic acids is 1. The van der Waals surface area contributed by atoms with Crippen LogP contribution in [0.3, 0.4) is 0 Å². The molecule has 0 saturated carbocycles. The van der Waals surface area contributed by atoms with E-state index in [4.69, 9.17) is 9.72 Å². The molecule has 0 unspecified atom stereocenters. The first-order valence-corrected chi connectivity index (χ1v) is 12.3. The number of H-pyrrole nitrogens is 1. The van der Waals surface area contributed by atoms with E-state index in [2.05, 4.69) is 33.5 Å². The molecule has 5 aromatic rings. The molecule has 0 radical (unpaired) electrons. The number of pyridine rings is 2. The summed E-state index contributed by atoms with van der Waals surface area (Å²) in [6, 6.07) is 11.1. The number of rotatable bonds is 4. The Balaban J connectivity index is 1.34. The molecule has 0 bridgehead atoms. The molecule has 0 spiro atoms. The lowest BCUT2D eigenvalue weighted by atomic mass is 9.88. The number of imidazole rings is 1. The van der Waals surface area contributed by atoms with E-state index in [1.54, 1.807) is 4.40 Å². The Kier molecular flexibility index (Phi) is 4.90. The summed E-state index contributed by atoms with van der Waals surface area (Å²) in [5, 5.41) is 14.0. The fourth-order valence-corrected chi connectivity index (χ4v) is 5.59. The maximum atomic E-state index is 11.3. The van der Waals surface area contributed by atoms with Gasteiger partial charge in [-0.15, -0.1) is 0 Å². The van der Waals surface area contributed by atoms with E-state index in [0.717, 1.165) is 53.7 Å². The van der Waals surface area contributed by atoms with Crippen molar-refractivity contribution in [1.29, 1.82) is 0 Å². The zero-order valence-corrected chi connectivity index (χ0v) is 19.6. The SMILES string of the molecule is O=C(O)c1cn2ccc(-c3c[nH]c4ncc(-c5cc6c(c([C@@H]7CCCN7)c5)COCC6)cc34)cc2n1. The molecule has 8 heteroatoms. The highest BCUT2D eigenvalue weighted by Crippen LogP contribution is 2.37. The van der Waals surface area contributed by atoms with Crippen molar-refractivity contribution in [3.8, 4) is 22.3 Å². The fourth-order valence-electron chi connectivity index (χ4n) is 5.59. The van der Waals surface area contributed by atoms with E-state index in [-0.39, 0.29) is 5.69 Å². The largest absolute Gasteiger partial charge is 0.476 e. The Bertz CT molecular complexity index is 1640. The third kappa shape index (κ3) is 3.49. The molecule has 1 atom stereocenters. The number of ether oxygens (including phenoxy) is 1. The number of benzene rings is 1. The van der Waals surface area contributed by atoms with Gasteiger partial charge in [-0.1, -0.05) is 6.07 Å². The van der Waals surface area contributed by atoms with Crippen molar-refractivity contribution in [3.05, 3.63) is 77.5 Å². The molecule has 180 valence electrons. The number of carboxylic acids is 1. The molecule has 36 heavy (non-hydrogen) atoms. The van der Waals surface area contributed by atoms with Gasteiger partial charge in [0.25, 0.3) is 0 Å². The molecule has 2 aliphatic rings. The second kappa shape index (κ2) is 8.29. The molecule has 0 aliphatic carbocycles. The summed E-state index contributed by atoms with van der Waals surface area (Å²) in [5.41, 5.74) is 9.71. The van der Waals surface area contributed by atoms with Crippen molar-refractivity contribution < 1.29 is 14.6 Å². The van der Waals surface area contributed by atoms with Gasteiger partial charge in [-0.3, -0.25) is 0 Å². The average Bonchev–Trinajstić information content (AvgIpc) is 3.67. The van der Waals surface area contributed by atoms with E-state index in [9.17, 15) is 9.90 Å². The third-order valence-electron chi connectivity index (χ3n) is 7.43. The van der Waals surface area contributed by atoms with Crippen LogP contribution in [0.4, 0.5) is 0 Å². The van der Waals surface area contributed by atoms with Crippen LogP contribution >= 0.6 is 0 Å². The molecule has 6 heterocycles. The van der Waals surface area contributed by atoms with Gasteiger partial charge in [0.2, 0.25) is 0 Å². The zero-order valence-electron chi connectivity index (χ0n) is 19.6. The summed E-state index contributed by atoms with van der Waals surface area (Å²) >= 11 is 0. The van der Waals surface area contributed by atoms with Crippen LogP contribution < -0.4 is 5.32 Å². The summed E-state index contributed by atoms with van der Waals surface area (Å²) < 4.78 is 7.54. The van der Waals surface area contributed by atoms with Gasteiger partial charge >= 0.3 is 5.97 Å². The van der Waals surface area contributed by atoms with Crippen molar-refractivity contribution in [3.63, 3.8) is 0 Å². The van der Waals surface area contributed by atoms with Crippen molar-refractivity contribution in [2.24, 2.45) is 0 Å². The highest BCUT2D eigenvalue weighted by Gasteiger charge is 2.24. The molecule has 4 aromatic heterocycles. The Hall–Kier alpha value is -4.01. The van der Waals surface area contributed by atoms with Crippen LogP contribution in [0.15, 0.2) is 55.1 Å². The normalized spacial score (nSPS) is 17.6. The van der Waals surface area contributed by atoms with Crippen molar-refractivity contribution >= 4 is 22.6 Å². The molecule has 1 aromatic carbocycles. The number of nitrogens with one attached hydrogen (secondary N) is 2. The molecular weight excluding hydrogens is 454 g/mol. The number of aromatic nitrogens is 4. The van der Waals surface area contributed by atoms with Gasteiger partial charge in [-0.05, 0) is 77.9 Å². The standard InChI is InChI=1S/C28H25N5O3/c34-28(35)25-14-33-6-3-16(11-26(33)32-25)22-13-31-27-21(22)10-19(12-30-27)18-8-17-4-7-36-15-23(17)20(9-18)24-2-1-5-29-24/h3,6,8-14,24,29H,1-2,4-5,7,15H2,(H,30,31)(H,34,35)/t24-/m0/s1. The molecule has 8 nitrogen and oxygen atoms in total. The highest BCUT2D eigenvalue weighted by atomic mass is 16.5. The predicted octanol–water partition coefficient (Wildman–Crippen LogP) is 4.74. The van der Waals surface area contributed by atoms with Crippen molar-refractivity contribution in [1.82, 2.24) is 24.7 Å². The fraction of sp³-hybridized carbons (Fsp3) is 0.250. The van der Waals surface area contributed by atoms with Gasteiger partial charge < -0.3 is 24.5 Å². The van der Waals surface area contributed by atoms with E-state index >= 15 is 0 Å². The Morgan fingerprint density at radius 3 is 2.97 bits per heavy atom. The van der Waals surface area contributed by atoms with Gasteiger partial charge in [0.1, 0.15) is 11.3 Å². The van der Waals surface area contributed by atoms with Gasteiger partial charge in [0, 0.05) is 47.3 Å². The molecule has 0 amide bonds. The van der Waals surface area contributed by atoms with Crippen LogP contribution in [0, 0.1) is 0 Å². The molecule has 7 rings (SSSR count). The average molecular weight is 480 g/mol. The second-order valence-electron chi connectivity index (χ2n) is 9.59. The van der Waals surface area contributed by atoms with Crippen LogP contribution in [0.5, 0.6) is 0 Å². The summed E-state index contributed by atoms with van der Waals surface area (Å²) in [6.45, 7) is 2.49. The minimum absolute atomic E-state index is 0.0281. The maximum Gasteiger partial charge on any atom is 0.356 e. The molecule has 1 saturated heterocycles. The number of aromatic amines is 1. The monoisotopic (exact) mass is 479 g/mol. The number of hydrogen-bond acceptors (Lipinski definition) is 5. The van der Waals surface area contributed by atoms with Crippen LogP contribution in [0.25, 0.3) is 38.9 Å². The number of hydrogen-bond donors (Lipinski definition) is 3. The summed E-state index contributed by atoms with van der Waals surface area (Å²) in [4.78, 5) is 23.6. The first kappa shape index (κ1) is 21.3. The number of carboxylic acid groups (broad SMARTS) is 1. The van der Waals surface area contributed by atoms with Gasteiger partial charge in [0.05, 0.1) is 13.2 Å².